The fourth-order valence-electron chi connectivity index (χ4n) is 4.15. The maximum atomic E-state index is 13.8. The van der Waals surface area contributed by atoms with Crippen molar-refractivity contribution in [1.29, 1.82) is 0 Å². The Morgan fingerprint density at radius 3 is 2.67 bits per heavy atom. The molecule has 2 fully saturated rings. The number of anilines is 2. The number of rotatable bonds is 5. The normalized spacial score (nSPS) is 19.7. The number of ether oxygens (including phenoxy) is 1. The molecule has 5 nitrogen and oxygen atoms in total. The smallest absolute Gasteiger partial charge is 0.134 e. The molecule has 0 saturated carbocycles. The highest BCUT2D eigenvalue weighted by atomic mass is 19.1. The largest absolute Gasteiger partial charge is 0.381 e. The predicted molar refractivity (Wildman–Crippen MR) is 105 cm³/mol. The molecule has 4 rings (SSSR count). The number of nitrogens with one attached hydrogen (secondary N) is 1. The Bertz CT molecular complexity index is 757. The molecule has 27 heavy (non-hydrogen) atoms. The van der Waals surface area contributed by atoms with Gasteiger partial charge in [-0.3, -0.25) is 0 Å². The predicted octanol–water partition coefficient (Wildman–Crippen LogP) is 3.77. The summed E-state index contributed by atoms with van der Waals surface area (Å²) in [4.78, 5) is 11.2. The maximum absolute atomic E-state index is 13.8. The molecular formula is C21H27FN4O. The van der Waals surface area contributed by atoms with E-state index in [1.165, 1.54) is 25.3 Å². The van der Waals surface area contributed by atoms with Crippen LogP contribution in [-0.4, -0.2) is 42.8 Å². The van der Waals surface area contributed by atoms with Crippen LogP contribution in [0.15, 0.2) is 36.7 Å². The van der Waals surface area contributed by atoms with Crippen LogP contribution in [-0.2, 0) is 10.2 Å². The molecule has 1 aromatic heterocycles. The van der Waals surface area contributed by atoms with Gasteiger partial charge in [-0.05, 0) is 49.8 Å². The van der Waals surface area contributed by atoms with Crippen LogP contribution in [0.3, 0.4) is 0 Å². The zero-order valence-corrected chi connectivity index (χ0v) is 15.7. The van der Waals surface area contributed by atoms with E-state index < -0.39 is 0 Å². The zero-order chi connectivity index (χ0) is 18.5. The highest BCUT2D eigenvalue weighted by molar-refractivity contribution is 5.49. The van der Waals surface area contributed by atoms with Crippen molar-refractivity contribution in [2.24, 2.45) is 0 Å². The molecule has 0 bridgehead atoms. The fraction of sp³-hybridized carbons (Fsp3) is 0.524. The quantitative estimate of drug-likeness (QED) is 0.868. The highest BCUT2D eigenvalue weighted by Crippen LogP contribution is 2.35. The second-order valence-corrected chi connectivity index (χ2v) is 7.57. The van der Waals surface area contributed by atoms with E-state index in [-0.39, 0.29) is 11.2 Å². The van der Waals surface area contributed by atoms with Gasteiger partial charge in [0.2, 0.25) is 0 Å². The Morgan fingerprint density at radius 1 is 1.07 bits per heavy atom. The number of benzene rings is 1. The Balaban J connectivity index is 1.51. The van der Waals surface area contributed by atoms with Crippen LogP contribution >= 0.6 is 0 Å². The first-order valence-corrected chi connectivity index (χ1v) is 9.90. The molecule has 0 spiro atoms. The summed E-state index contributed by atoms with van der Waals surface area (Å²) in [6, 6.07) is 9.01. The van der Waals surface area contributed by atoms with E-state index in [4.69, 9.17) is 4.74 Å². The van der Waals surface area contributed by atoms with Gasteiger partial charge in [0.25, 0.3) is 0 Å². The van der Waals surface area contributed by atoms with Crippen molar-refractivity contribution in [2.75, 3.05) is 43.1 Å². The molecule has 0 radical (unpaired) electrons. The zero-order valence-electron chi connectivity index (χ0n) is 15.7. The summed E-state index contributed by atoms with van der Waals surface area (Å²) < 4.78 is 19.4. The molecule has 0 atom stereocenters. The van der Waals surface area contributed by atoms with Gasteiger partial charge in [0, 0.05) is 44.3 Å². The fourth-order valence-corrected chi connectivity index (χ4v) is 4.15. The molecule has 3 heterocycles. The summed E-state index contributed by atoms with van der Waals surface area (Å²) in [6.07, 6.45) is 7.10. The Kier molecular flexibility index (Phi) is 5.53. The van der Waals surface area contributed by atoms with Crippen molar-refractivity contribution in [3.05, 3.63) is 48.0 Å². The van der Waals surface area contributed by atoms with Gasteiger partial charge in [-0.2, -0.15) is 0 Å². The van der Waals surface area contributed by atoms with E-state index >= 15 is 0 Å². The SMILES string of the molecule is Fc1cccc(C2(CNc3cc(N4CCCCC4)ncn3)CCOCC2)c1. The summed E-state index contributed by atoms with van der Waals surface area (Å²) in [5, 5.41) is 3.50. The number of hydrogen-bond acceptors (Lipinski definition) is 5. The van der Waals surface area contributed by atoms with Crippen molar-refractivity contribution in [2.45, 2.75) is 37.5 Å². The number of aromatic nitrogens is 2. The third kappa shape index (κ3) is 4.21. The molecule has 1 N–H and O–H groups in total. The lowest BCUT2D eigenvalue weighted by atomic mass is 9.74. The molecule has 6 heteroatoms. The van der Waals surface area contributed by atoms with E-state index in [1.807, 2.05) is 12.1 Å². The second kappa shape index (κ2) is 8.21. The Labute approximate surface area is 160 Å². The van der Waals surface area contributed by atoms with Gasteiger partial charge in [-0.1, -0.05) is 12.1 Å². The summed E-state index contributed by atoms with van der Waals surface area (Å²) in [6.45, 7) is 4.21. The lowest BCUT2D eigenvalue weighted by Crippen LogP contribution is -2.40. The third-order valence-corrected chi connectivity index (χ3v) is 5.83. The molecule has 2 aliphatic rings. The van der Waals surface area contributed by atoms with Gasteiger partial charge in [0.15, 0.2) is 0 Å². The van der Waals surface area contributed by atoms with Crippen LogP contribution < -0.4 is 10.2 Å². The summed E-state index contributed by atoms with van der Waals surface area (Å²) in [7, 11) is 0. The number of nitrogens with zero attached hydrogens (tertiary/aromatic N) is 3. The van der Waals surface area contributed by atoms with Gasteiger partial charge in [-0.15, -0.1) is 0 Å². The molecule has 2 aliphatic heterocycles. The van der Waals surface area contributed by atoms with E-state index in [0.29, 0.717) is 19.8 Å². The van der Waals surface area contributed by atoms with E-state index in [1.54, 1.807) is 18.5 Å². The number of piperidine rings is 1. The molecule has 2 saturated heterocycles. The van der Waals surface area contributed by atoms with Crippen molar-refractivity contribution < 1.29 is 9.13 Å². The van der Waals surface area contributed by atoms with Crippen molar-refractivity contribution in [3.63, 3.8) is 0 Å². The average Bonchev–Trinajstić information content (AvgIpc) is 2.74. The minimum atomic E-state index is -0.187. The van der Waals surface area contributed by atoms with Crippen molar-refractivity contribution >= 4 is 11.6 Å². The standard InChI is InChI=1S/C21H27FN4O/c22-18-6-4-5-17(13-18)21(7-11-27-12-8-21)15-23-19-14-20(25-16-24-19)26-9-2-1-3-10-26/h4-6,13-14,16H,1-3,7-12,15H2,(H,23,24,25). The van der Waals surface area contributed by atoms with E-state index in [0.717, 1.165) is 43.1 Å². The minimum Gasteiger partial charge on any atom is -0.381 e. The first kappa shape index (κ1) is 18.2. The van der Waals surface area contributed by atoms with Crippen LogP contribution in [0.2, 0.25) is 0 Å². The van der Waals surface area contributed by atoms with Crippen LogP contribution in [0.4, 0.5) is 16.0 Å². The van der Waals surface area contributed by atoms with Gasteiger partial charge in [0.05, 0.1) is 0 Å². The summed E-state index contributed by atoms with van der Waals surface area (Å²) in [5.41, 5.74) is 0.889. The van der Waals surface area contributed by atoms with Gasteiger partial charge in [0.1, 0.15) is 23.8 Å². The number of halogens is 1. The molecule has 1 aromatic carbocycles. The lowest BCUT2D eigenvalue weighted by molar-refractivity contribution is 0.0542. The topological polar surface area (TPSA) is 50.3 Å². The molecule has 0 aliphatic carbocycles. The molecule has 144 valence electrons. The van der Waals surface area contributed by atoms with Gasteiger partial charge >= 0.3 is 0 Å². The van der Waals surface area contributed by atoms with Gasteiger partial charge < -0.3 is 15.0 Å². The molecule has 0 unspecified atom stereocenters. The molecular weight excluding hydrogens is 343 g/mol. The monoisotopic (exact) mass is 370 g/mol. The van der Waals surface area contributed by atoms with Gasteiger partial charge in [-0.25, -0.2) is 14.4 Å². The first-order valence-electron chi connectivity index (χ1n) is 9.90. The Hall–Kier alpha value is -2.21. The Morgan fingerprint density at radius 2 is 1.89 bits per heavy atom. The third-order valence-electron chi connectivity index (χ3n) is 5.83. The van der Waals surface area contributed by atoms with E-state index in [9.17, 15) is 4.39 Å². The summed E-state index contributed by atoms with van der Waals surface area (Å²) >= 11 is 0. The number of hydrogen-bond donors (Lipinski definition) is 1. The van der Waals surface area contributed by atoms with E-state index in [2.05, 4.69) is 20.2 Å². The maximum Gasteiger partial charge on any atom is 0.134 e. The van der Waals surface area contributed by atoms with Crippen LogP contribution in [0.5, 0.6) is 0 Å². The van der Waals surface area contributed by atoms with Crippen molar-refractivity contribution in [3.8, 4) is 0 Å². The lowest BCUT2D eigenvalue weighted by Gasteiger charge is -2.38. The summed E-state index contributed by atoms with van der Waals surface area (Å²) in [5.74, 6) is 1.62. The van der Waals surface area contributed by atoms with Crippen LogP contribution in [0.25, 0.3) is 0 Å². The molecule has 2 aromatic rings. The average molecular weight is 370 g/mol. The van der Waals surface area contributed by atoms with Crippen LogP contribution in [0.1, 0.15) is 37.7 Å². The first-order chi connectivity index (χ1) is 13.3. The highest BCUT2D eigenvalue weighted by Gasteiger charge is 2.34. The van der Waals surface area contributed by atoms with Crippen LogP contribution in [0, 0.1) is 5.82 Å². The molecule has 0 amide bonds. The minimum absolute atomic E-state index is 0.142. The van der Waals surface area contributed by atoms with Crippen molar-refractivity contribution in [1.82, 2.24) is 9.97 Å². The second-order valence-electron chi connectivity index (χ2n) is 7.57.